The van der Waals surface area contributed by atoms with Gasteiger partial charge in [-0.25, -0.2) is 0 Å². The zero-order valence-corrected chi connectivity index (χ0v) is 17.4. The highest BCUT2D eigenvalue weighted by molar-refractivity contribution is 5.46. The van der Waals surface area contributed by atoms with E-state index in [0.29, 0.717) is 13.2 Å². The van der Waals surface area contributed by atoms with Crippen LogP contribution in [0.4, 0.5) is 5.69 Å². The molecule has 1 heterocycles. The Kier molecular flexibility index (Phi) is 7.07. The molecule has 156 valence electrons. The van der Waals surface area contributed by atoms with Crippen LogP contribution in [0, 0.1) is 0 Å². The van der Waals surface area contributed by atoms with Crippen molar-refractivity contribution in [2.75, 3.05) is 44.2 Å². The van der Waals surface area contributed by atoms with Crippen molar-refractivity contribution in [3.05, 3.63) is 60.2 Å². The smallest absolute Gasteiger partial charge is 0.119 e. The molecule has 1 aliphatic carbocycles. The summed E-state index contributed by atoms with van der Waals surface area (Å²) in [4.78, 5) is 4.74. The van der Waals surface area contributed by atoms with Gasteiger partial charge in [0.15, 0.2) is 0 Å². The molecule has 1 unspecified atom stereocenters. The Morgan fingerprint density at radius 1 is 0.862 bits per heavy atom. The molecule has 1 saturated heterocycles. The van der Waals surface area contributed by atoms with Gasteiger partial charge in [-0.1, -0.05) is 49.6 Å². The molecule has 1 atom stereocenters. The second-order valence-electron chi connectivity index (χ2n) is 8.49. The molecule has 2 aliphatic rings. The average Bonchev–Trinajstić information content (AvgIpc) is 2.80. The van der Waals surface area contributed by atoms with Crippen molar-refractivity contribution >= 4 is 5.69 Å². The molecule has 1 saturated carbocycles. The molecular weight excluding hydrogens is 360 g/mol. The quantitative estimate of drug-likeness (QED) is 0.760. The molecule has 4 rings (SSSR count). The fourth-order valence-corrected chi connectivity index (χ4v) is 4.64. The molecule has 2 aromatic carbocycles. The first kappa shape index (κ1) is 20.2. The SMILES string of the molecule is OC(COc1ccc(C2CCCCC2)cc1)CN1CCN(c2ccccc2)CC1. The molecule has 4 heteroatoms. The van der Waals surface area contributed by atoms with Crippen molar-refractivity contribution in [1.82, 2.24) is 4.90 Å². The largest absolute Gasteiger partial charge is 0.491 e. The van der Waals surface area contributed by atoms with Crippen LogP contribution in [0.5, 0.6) is 5.75 Å². The maximum absolute atomic E-state index is 10.4. The number of β-amino-alcohol motifs (C(OH)–C–C–N with tert-alkyl or cyclic N) is 1. The molecule has 1 N–H and O–H groups in total. The van der Waals surface area contributed by atoms with E-state index < -0.39 is 6.10 Å². The van der Waals surface area contributed by atoms with Crippen LogP contribution >= 0.6 is 0 Å². The van der Waals surface area contributed by atoms with Crippen LogP contribution in [0.2, 0.25) is 0 Å². The first-order valence-electron chi connectivity index (χ1n) is 11.2. The lowest BCUT2D eigenvalue weighted by atomic mass is 9.84. The molecule has 0 aromatic heterocycles. The Balaban J connectivity index is 1.18. The van der Waals surface area contributed by atoms with E-state index in [9.17, 15) is 5.11 Å². The highest BCUT2D eigenvalue weighted by Gasteiger charge is 2.20. The normalized spacial score (nSPS) is 19.8. The number of piperazine rings is 1. The van der Waals surface area contributed by atoms with Gasteiger partial charge in [0.1, 0.15) is 18.5 Å². The van der Waals surface area contributed by atoms with E-state index in [1.54, 1.807) is 0 Å². The fraction of sp³-hybridized carbons (Fsp3) is 0.520. The number of para-hydroxylation sites is 1. The van der Waals surface area contributed by atoms with Crippen molar-refractivity contribution in [2.24, 2.45) is 0 Å². The number of anilines is 1. The maximum Gasteiger partial charge on any atom is 0.119 e. The highest BCUT2D eigenvalue weighted by atomic mass is 16.5. The summed E-state index contributed by atoms with van der Waals surface area (Å²) in [5.74, 6) is 1.58. The number of hydrogen-bond acceptors (Lipinski definition) is 4. The minimum absolute atomic E-state index is 0.349. The number of aliphatic hydroxyl groups is 1. The Bertz CT molecular complexity index is 720. The summed E-state index contributed by atoms with van der Waals surface area (Å²) in [5.41, 5.74) is 2.72. The molecule has 2 fully saturated rings. The maximum atomic E-state index is 10.4. The number of hydrogen-bond donors (Lipinski definition) is 1. The molecule has 0 bridgehead atoms. The molecule has 0 spiro atoms. The van der Waals surface area contributed by atoms with E-state index >= 15 is 0 Å². The third kappa shape index (κ3) is 5.74. The van der Waals surface area contributed by atoms with Crippen LogP contribution in [0.1, 0.15) is 43.6 Å². The van der Waals surface area contributed by atoms with E-state index in [1.165, 1.54) is 43.4 Å². The number of benzene rings is 2. The van der Waals surface area contributed by atoms with Crippen molar-refractivity contribution in [1.29, 1.82) is 0 Å². The van der Waals surface area contributed by atoms with Crippen LogP contribution in [0.15, 0.2) is 54.6 Å². The van der Waals surface area contributed by atoms with E-state index in [0.717, 1.165) is 37.8 Å². The number of nitrogens with zero attached hydrogens (tertiary/aromatic N) is 2. The first-order valence-corrected chi connectivity index (χ1v) is 11.2. The van der Waals surface area contributed by atoms with Gasteiger partial charge in [-0.2, -0.15) is 0 Å². The van der Waals surface area contributed by atoms with Gasteiger partial charge in [0.25, 0.3) is 0 Å². The van der Waals surface area contributed by atoms with Crippen LogP contribution in [0.3, 0.4) is 0 Å². The van der Waals surface area contributed by atoms with Crippen molar-refractivity contribution in [2.45, 2.75) is 44.1 Å². The molecule has 0 radical (unpaired) electrons. The Morgan fingerprint density at radius 2 is 1.55 bits per heavy atom. The first-order chi connectivity index (χ1) is 14.3. The molecule has 1 aliphatic heterocycles. The summed E-state index contributed by atoms with van der Waals surface area (Å²) in [7, 11) is 0. The van der Waals surface area contributed by atoms with Gasteiger partial charge in [-0.05, 0) is 48.6 Å². The standard InChI is InChI=1S/C25H34N2O2/c28-24(19-26-15-17-27(18-16-26)23-9-5-2-6-10-23)20-29-25-13-11-22(12-14-25)21-7-3-1-4-8-21/h2,5-6,9-14,21,24,28H,1,3-4,7-8,15-20H2. The summed E-state index contributed by atoms with van der Waals surface area (Å²) in [6.07, 6.45) is 6.27. The van der Waals surface area contributed by atoms with Crippen LogP contribution in [0.25, 0.3) is 0 Å². The van der Waals surface area contributed by atoms with Crippen LogP contribution in [-0.2, 0) is 0 Å². The molecule has 4 nitrogen and oxygen atoms in total. The summed E-state index contributed by atoms with van der Waals surface area (Å²) in [5, 5.41) is 10.4. The number of aliphatic hydroxyl groups excluding tert-OH is 1. The third-order valence-electron chi connectivity index (χ3n) is 6.36. The van der Waals surface area contributed by atoms with Crippen molar-refractivity contribution in [3.8, 4) is 5.75 Å². The summed E-state index contributed by atoms with van der Waals surface area (Å²) < 4.78 is 5.86. The minimum atomic E-state index is -0.462. The fourth-order valence-electron chi connectivity index (χ4n) is 4.64. The topological polar surface area (TPSA) is 35.9 Å². The van der Waals surface area contributed by atoms with Gasteiger partial charge in [-0.15, -0.1) is 0 Å². The monoisotopic (exact) mass is 394 g/mol. The second-order valence-corrected chi connectivity index (χ2v) is 8.49. The molecule has 29 heavy (non-hydrogen) atoms. The highest BCUT2D eigenvalue weighted by Crippen LogP contribution is 2.33. The zero-order valence-electron chi connectivity index (χ0n) is 17.4. The zero-order chi connectivity index (χ0) is 19.9. The lowest BCUT2D eigenvalue weighted by Crippen LogP contribution is -2.49. The van der Waals surface area contributed by atoms with E-state index in [4.69, 9.17) is 4.74 Å². The third-order valence-corrected chi connectivity index (χ3v) is 6.36. The predicted molar refractivity (Wildman–Crippen MR) is 119 cm³/mol. The number of ether oxygens (including phenoxy) is 1. The van der Waals surface area contributed by atoms with Gasteiger partial charge in [0.05, 0.1) is 0 Å². The van der Waals surface area contributed by atoms with Gasteiger partial charge in [0.2, 0.25) is 0 Å². The predicted octanol–water partition coefficient (Wildman–Crippen LogP) is 4.30. The second kappa shape index (κ2) is 10.1. The van der Waals surface area contributed by atoms with Crippen molar-refractivity contribution < 1.29 is 9.84 Å². The van der Waals surface area contributed by atoms with Crippen LogP contribution < -0.4 is 9.64 Å². The van der Waals surface area contributed by atoms with Gasteiger partial charge >= 0.3 is 0 Å². The van der Waals surface area contributed by atoms with Crippen molar-refractivity contribution in [3.63, 3.8) is 0 Å². The minimum Gasteiger partial charge on any atom is -0.491 e. The molecule has 0 amide bonds. The number of rotatable bonds is 7. The summed E-state index contributed by atoms with van der Waals surface area (Å²) >= 11 is 0. The average molecular weight is 395 g/mol. The van der Waals surface area contributed by atoms with E-state index in [1.807, 2.05) is 0 Å². The molecular formula is C25H34N2O2. The van der Waals surface area contributed by atoms with Gasteiger partial charge in [0, 0.05) is 38.4 Å². The van der Waals surface area contributed by atoms with Crippen LogP contribution in [-0.4, -0.2) is 55.4 Å². The summed E-state index contributed by atoms with van der Waals surface area (Å²) in [6.45, 7) is 4.97. The summed E-state index contributed by atoms with van der Waals surface area (Å²) in [6, 6.07) is 19.1. The van der Waals surface area contributed by atoms with Gasteiger partial charge < -0.3 is 14.7 Å². The Labute approximate surface area is 175 Å². The lowest BCUT2D eigenvalue weighted by Gasteiger charge is -2.36. The van der Waals surface area contributed by atoms with Gasteiger partial charge in [-0.3, -0.25) is 4.90 Å². The van der Waals surface area contributed by atoms with E-state index in [2.05, 4.69) is 64.4 Å². The Hall–Kier alpha value is -2.04. The van der Waals surface area contributed by atoms with E-state index in [-0.39, 0.29) is 0 Å². The lowest BCUT2D eigenvalue weighted by molar-refractivity contribution is 0.0663. The Morgan fingerprint density at radius 3 is 2.24 bits per heavy atom. The molecule has 2 aromatic rings.